The van der Waals surface area contributed by atoms with Crippen LogP contribution < -0.4 is 14.8 Å². The number of ether oxygens (including phenoxy) is 2. The Morgan fingerprint density at radius 2 is 1.92 bits per heavy atom. The predicted molar refractivity (Wildman–Crippen MR) is 97.2 cm³/mol. The molecule has 0 aliphatic rings. The Bertz CT molecular complexity index is 677. The first-order valence-electron chi connectivity index (χ1n) is 7.62. The van der Waals surface area contributed by atoms with E-state index < -0.39 is 0 Å². The van der Waals surface area contributed by atoms with Crippen LogP contribution in [0, 0.1) is 0 Å². The molecule has 0 heterocycles. The van der Waals surface area contributed by atoms with Crippen molar-refractivity contribution in [2.75, 3.05) is 13.7 Å². The summed E-state index contributed by atoms with van der Waals surface area (Å²) in [6.45, 7) is 3.25. The number of methoxy groups -OCH3 is 1. The van der Waals surface area contributed by atoms with Gasteiger partial charge in [0.05, 0.1) is 13.2 Å². The molecular weight excluding hydrogens is 349 g/mol. The van der Waals surface area contributed by atoms with Gasteiger partial charge in [0.1, 0.15) is 6.61 Å². The third-order valence-corrected chi connectivity index (χ3v) is 3.98. The SMILES string of the molecule is COc1cc(CNCC(C)O)ccc1OCc1ccc(Cl)cc1Cl. The fourth-order valence-electron chi connectivity index (χ4n) is 2.16. The minimum absolute atomic E-state index is 0.325. The lowest BCUT2D eigenvalue weighted by atomic mass is 10.2. The van der Waals surface area contributed by atoms with E-state index in [9.17, 15) is 5.11 Å². The third-order valence-electron chi connectivity index (χ3n) is 3.40. The number of hydrogen-bond acceptors (Lipinski definition) is 4. The zero-order valence-electron chi connectivity index (χ0n) is 13.7. The molecule has 0 spiro atoms. The van der Waals surface area contributed by atoms with Crippen molar-refractivity contribution < 1.29 is 14.6 Å². The van der Waals surface area contributed by atoms with Crippen molar-refractivity contribution in [1.29, 1.82) is 0 Å². The lowest BCUT2D eigenvalue weighted by Crippen LogP contribution is -2.23. The van der Waals surface area contributed by atoms with Gasteiger partial charge in [-0.2, -0.15) is 0 Å². The van der Waals surface area contributed by atoms with Gasteiger partial charge < -0.3 is 19.9 Å². The first kappa shape index (κ1) is 18.9. The van der Waals surface area contributed by atoms with Crippen molar-refractivity contribution in [1.82, 2.24) is 5.32 Å². The highest BCUT2D eigenvalue weighted by molar-refractivity contribution is 6.35. The summed E-state index contributed by atoms with van der Waals surface area (Å²) in [6.07, 6.45) is -0.376. The van der Waals surface area contributed by atoms with E-state index >= 15 is 0 Å². The summed E-state index contributed by atoms with van der Waals surface area (Å²) in [5.74, 6) is 1.29. The minimum atomic E-state index is -0.376. The Balaban J connectivity index is 2.01. The van der Waals surface area contributed by atoms with E-state index in [2.05, 4.69) is 5.32 Å². The molecule has 130 valence electrons. The number of rotatable bonds is 8. The second kappa shape index (κ2) is 9.14. The van der Waals surface area contributed by atoms with Crippen LogP contribution in [0.15, 0.2) is 36.4 Å². The number of halogens is 2. The second-order valence-electron chi connectivity index (χ2n) is 5.49. The van der Waals surface area contributed by atoms with Gasteiger partial charge in [-0.25, -0.2) is 0 Å². The molecular formula is C18H21Cl2NO3. The van der Waals surface area contributed by atoms with Gasteiger partial charge in [-0.3, -0.25) is 0 Å². The lowest BCUT2D eigenvalue weighted by molar-refractivity contribution is 0.191. The maximum atomic E-state index is 9.27. The monoisotopic (exact) mass is 369 g/mol. The van der Waals surface area contributed by atoms with Crippen molar-refractivity contribution in [3.63, 3.8) is 0 Å². The van der Waals surface area contributed by atoms with E-state index in [1.165, 1.54) is 0 Å². The van der Waals surface area contributed by atoms with Gasteiger partial charge in [-0.15, -0.1) is 0 Å². The second-order valence-corrected chi connectivity index (χ2v) is 6.33. The van der Waals surface area contributed by atoms with E-state index in [4.69, 9.17) is 32.7 Å². The predicted octanol–water partition coefficient (Wildman–Crippen LogP) is 4.05. The summed E-state index contributed by atoms with van der Waals surface area (Å²) in [6, 6.07) is 11.0. The topological polar surface area (TPSA) is 50.7 Å². The van der Waals surface area contributed by atoms with Crippen LogP contribution in [0.25, 0.3) is 0 Å². The number of nitrogens with one attached hydrogen (secondary N) is 1. The van der Waals surface area contributed by atoms with Gasteiger partial charge in [-0.1, -0.05) is 35.3 Å². The van der Waals surface area contributed by atoms with E-state index in [1.807, 2.05) is 24.3 Å². The Morgan fingerprint density at radius 3 is 2.58 bits per heavy atom. The van der Waals surface area contributed by atoms with Gasteiger partial charge >= 0.3 is 0 Å². The number of benzene rings is 2. The highest BCUT2D eigenvalue weighted by Gasteiger charge is 2.08. The Labute approximate surface area is 152 Å². The molecule has 0 saturated heterocycles. The lowest BCUT2D eigenvalue weighted by Gasteiger charge is -2.14. The van der Waals surface area contributed by atoms with E-state index in [0.717, 1.165) is 11.1 Å². The third kappa shape index (κ3) is 5.56. The minimum Gasteiger partial charge on any atom is -0.493 e. The maximum absolute atomic E-state index is 9.27. The number of hydrogen-bond donors (Lipinski definition) is 2. The van der Waals surface area contributed by atoms with Crippen LogP contribution in [0.4, 0.5) is 0 Å². The standard InChI is InChI=1S/C18H21Cl2NO3/c1-12(22)9-21-10-13-3-6-17(18(7-13)23-2)24-11-14-4-5-15(19)8-16(14)20/h3-8,12,21-22H,9-11H2,1-2H3. The highest BCUT2D eigenvalue weighted by Crippen LogP contribution is 2.30. The fraction of sp³-hybridized carbons (Fsp3) is 0.333. The molecule has 2 aromatic carbocycles. The van der Waals surface area contributed by atoms with E-state index in [0.29, 0.717) is 41.2 Å². The summed E-state index contributed by atoms with van der Waals surface area (Å²) in [4.78, 5) is 0. The molecule has 0 aromatic heterocycles. The summed E-state index contributed by atoms with van der Waals surface area (Å²) in [7, 11) is 1.60. The van der Waals surface area contributed by atoms with Crippen molar-refractivity contribution in [2.24, 2.45) is 0 Å². The Morgan fingerprint density at radius 1 is 1.12 bits per heavy atom. The summed E-state index contributed by atoms with van der Waals surface area (Å²) < 4.78 is 11.2. The molecule has 1 unspecified atom stereocenters. The van der Waals surface area contributed by atoms with Crippen LogP contribution in [0.2, 0.25) is 10.0 Å². The average Bonchev–Trinajstić information content (AvgIpc) is 2.54. The van der Waals surface area contributed by atoms with Crippen LogP contribution in [0.5, 0.6) is 11.5 Å². The average molecular weight is 370 g/mol. The molecule has 2 rings (SSSR count). The van der Waals surface area contributed by atoms with Gasteiger partial charge in [0, 0.05) is 28.7 Å². The Kier molecular flexibility index (Phi) is 7.18. The van der Waals surface area contributed by atoms with Gasteiger partial charge in [0.2, 0.25) is 0 Å². The van der Waals surface area contributed by atoms with Crippen molar-refractivity contribution >= 4 is 23.2 Å². The molecule has 6 heteroatoms. The molecule has 24 heavy (non-hydrogen) atoms. The van der Waals surface area contributed by atoms with Crippen LogP contribution >= 0.6 is 23.2 Å². The first-order valence-corrected chi connectivity index (χ1v) is 8.37. The van der Waals surface area contributed by atoms with Gasteiger partial charge in [0.25, 0.3) is 0 Å². The van der Waals surface area contributed by atoms with Crippen LogP contribution in [-0.2, 0) is 13.2 Å². The first-order chi connectivity index (χ1) is 11.5. The molecule has 2 aromatic rings. The summed E-state index contributed by atoms with van der Waals surface area (Å²) in [5.41, 5.74) is 1.90. The molecule has 0 saturated carbocycles. The van der Waals surface area contributed by atoms with Crippen molar-refractivity contribution in [2.45, 2.75) is 26.2 Å². The van der Waals surface area contributed by atoms with Gasteiger partial charge in [-0.05, 0) is 36.8 Å². The number of aliphatic hydroxyl groups is 1. The maximum Gasteiger partial charge on any atom is 0.161 e. The summed E-state index contributed by atoms with van der Waals surface area (Å²) >= 11 is 12.0. The van der Waals surface area contributed by atoms with E-state index in [-0.39, 0.29) is 6.10 Å². The van der Waals surface area contributed by atoms with E-state index in [1.54, 1.807) is 26.2 Å². The van der Waals surface area contributed by atoms with Crippen molar-refractivity contribution in [3.05, 3.63) is 57.6 Å². The molecule has 4 nitrogen and oxygen atoms in total. The van der Waals surface area contributed by atoms with Gasteiger partial charge in [0.15, 0.2) is 11.5 Å². The molecule has 0 radical (unpaired) electrons. The Hall–Kier alpha value is -1.46. The molecule has 0 bridgehead atoms. The normalized spacial score (nSPS) is 12.0. The zero-order valence-corrected chi connectivity index (χ0v) is 15.2. The molecule has 0 aliphatic carbocycles. The highest BCUT2D eigenvalue weighted by atomic mass is 35.5. The van der Waals surface area contributed by atoms with Crippen molar-refractivity contribution in [3.8, 4) is 11.5 Å². The molecule has 0 aliphatic heterocycles. The molecule has 1 atom stereocenters. The molecule has 0 fully saturated rings. The fourth-order valence-corrected chi connectivity index (χ4v) is 2.62. The number of aliphatic hydroxyl groups excluding tert-OH is 1. The molecule has 2 N–H and O–H groups in total. The summed E-state index contributed by atoms with van der Waals surface area (Å²) in [5, 5.41) is 13.6. The smallest absolute Gasteiger partial charge is 0.161 e. The largest absolute Gasteiger partial charge is 0.493 e. The quantitative estimate of drug-likeness (QED) is 0.736. The molecule has 0 amide bonds. The van der Waals surface area contributed by atoms with Crippen LogP contribution in [-0.4, -0.2) is 24.9 Å². The van der Waals surface area contributed by atoms with Crippen LogP contribution in [0.1, 0.15) is 18.1 Å². The van der Waals surface area contributed by atoms with Crippen LogP contribution in [0.3, 0.4) is 0 Å². The zero-order chi connectivity index (χ0) is 17.5.